The maximum atomic E-state index is 13.6. The smallest absolute Gasteiger partial charge is 0.156 e. The highest BCUT2D eigenvalue weighted by Crippen LogP contribution is 2.39. The van der Waals surface area contributed by atoms with E-state index in [0.29, 0.717) is 42.2 Å². The Hall–Kier alpha value is -3.35. The van der Waals surface area contributed by atoms with Crippen LogP contribution in [0, 0.1) is 12.7 Å². The molecule has 5 nitrogen and oxygen atoms in total. The molecule has 3 aromatic carbocycles. The number of benzene rings is 3. The molecule has 4 rings (SSSR count). The largest absolute Gasteiger partial charge is 0.489 e. The van der Waals surface area contributed by atoms with Gasteiger partial charge in [-0.15, -0.1) is 0 Å². The number of β-amino-alcohol motifs (C(OH)–C–C–N with tert-alkyl or cyclic N) is 1. The Balaban J connectivity index is 1.46. The molecule has 1 aliphatic rings. The molecule has 0 bridgehead atoms. The molecule has 34 heavy (non-hydrogen) atoms. The molecule has 1 atom stereocenters. The van der Waals surface area contributed by atoms with Gasteiger partial charge in [0.1, 0.15) is 24.4 Å². The molecule has 3 N–H and O–H groups in total. The van der Waals surface area contributed by atoms with Gasteiger partial charge in [-0.05, 0) is 56.0 Å². The van der Waals surface area contributed by atoms with Crippen molar-refractivity contribution in [3.63, 3.8) is 0 Å². The van der Waals surface area contributed by atoms with Crippen LogP contribution >= 0.6 is 0 Å². The predicted octanol–water partition coefficient (Wildman–Crippen LogP) is 5.63. The van der Waals surface area contributed by atoms with Crippen molar-refractivity contribution in [3.05, 3.63) is 101 Å². The summed E-state index contributed by atoms with van der Waals surface area (Å²) in [5.74, 6) is 1.02. The van der Waals surface area contributed by atoms with Crippen molar-refractivity contribution in [1.29, 1.82) is 0 Å². The number of fused-ring (bicyclic) bond motifs is 1. The lowest BCUT2D eigenvalue weighted by molar-refractivity contribution is 0.157. The van der Waals surface area contributed by atoms with Crippen molar-refractivity contribution in [3.8, 4) is 11.5 Å². The third-order valence-corrected chi connectivity index (χ3v) is 5.83. The molecule has 6 heteroatoms. The van der Waals surface area contributed by atoms with Crippen molar-refractivity contribution < 1.29 is 19.0 Å². The van der Waals surface area contributed by atoms with Gasteiger partial charge in [0.15, 0.2) is 5.75 Å². The SMILES string of the molecule is Cc1cc(CC(C)(C)NCC(O)c2cc(OCc3ccccc3)cc3c2OC=CN3)ccc1F. The van der Waals surface area contributed by atoms with E-state index in [1.807, 2.05) is 48.5 Å². The van der Waals surface area contributed by atoms with E-state index >= 15 is 0 Å². The molecule has 1 aliphatic heterocycles. The van der Waals surface area contributed by atoms with E-state index in [0.717, 1.165) is 16.8 Å². The van der Waals surface area contributed by atoms with Crippen LogP contribution in [0.25, 0.3) is 0 Å². The minimum atomic E-state index is -0.823. The maximum Gasteiger partial charge on any atom is 0.156 e. The Kier molecular flexibility index (Phi) is 7.20. The first-order valence-corrected chi connectivity index (χ1v) is 11.4. The number of aliphatic hydroxyl groups excluding tert-OH is 1. The van der Waals surface area contributed by atoms with E-state index in [-0.39, 0.29) is 11.4 Å². The van der Waals surface area contributed by atoms with Crippen molar-refractivity contribution in [2.75, 3.05) is 11.9 Å². The Morgan fingerprint density at radius 2 is 1.88 bits per heavy atom. The summed E-state index contributed by atoms with van der Waals surface area (Å²) in [7, 11) is 0. The number of aryl methyl sites for hydroxylation is 1. The molecule has 0 saturated heterocycles. The monoisotopic (exact) mass is 462 g/mol. The lowest BCUT2D eigenvalue weighted by Crippen LogP contribution is -2.43. The topological polar surface area (TPSA) is 62.8 Å². The minimum Gasteiger partial charge on any atom is -0.489 e. The molecule has 178 valence electrons. The zero-order valence-corrected chi connectivity index (χ0v) is 19.8. The van der Waals surface area contributed by atoms with E-state index in [1.54, 1.807) is 25.5 Å². The number of ether oxygens (including phenoxy) is 2. The molecule has 0 amide bonds. The molecular weight excluding hydrogens is 431 g/mol. The molecular formula is C28H31FN2O3. The number of hydrogen-bond donors (Lipinski definition) is 3. The Morgan fingerprint density at radius 3 is 2.65 bits per heavy atom. The lowest BCUT2D eigenvalue weighted by Gasteiger charge is -2.29. The first-order chi connectivity index (χ1) is 16.3. The van der Waals surface area contributed by atoms with Gasteiger partial charge in [-0.25, -0.2) is 4.39 Å². The van der Waals surface area contributed by atoms with E-state index < -0.39 is 6.10 Å². The van der Waals surface area contributed by atoms with Crippen LogP contribution in [-0.2, 0) is 13.0 Å². The second-order valence-corrected chi connectivity index (χ2v) is 9.27. The van der Waals surface area contributed by atoms with Gasteiger partial charge in [-0.2, -0.15) is 0 Å². The normalized spacial score (nSPS) is 13.6. The maximum absolute atomic E-state index is 13.6. The zero-order valence-electron chi connectivity index (χ0n) is 19.8. The average Bonchev–Trinajstić information content (AvgIpc) is 2.83. The van der Waals surface area contributed by atoms with Crippen LogP contribution in [0.15, 0.2) is 73.1 Å². The Morgan fingerprint density at radius 1 is 1.09 bits per heavy atom. The van der Waals surface area contributed by atoms with Crippen LogP contribution < -0.4 is 20.1 Å². The van der Waals surface area contributed by atoms with Gasteiger partial charge in [0.2, 0.25) is 0 Å². The van der Waals surface area contributed by atoms with Gasteiger partial charge in [0, 0.05) is 29.9 Å². The molecule has 0 aromatic heterocycles. The van der Waals surface area contributed by atoms with Crippen LogP contribution in [-0.4, -0.2) is 17.2 Å². The molecule has 0 saturated carbocycles. The summed E-state index contributed by atoms with van der Waals surface area (Å²) in [6, 6.07) is 18.8. The Labute approximate surface area is 200 Å². The average molecular weight is 463 g/mol. The zero-order chi connectivity index (χ0) is 24.1. The number of anilines is 1. The Bertz CT molecular complexity index is 1160. The van der Waals surface area contributed by atoms with Crippen LogP contribution in [0.5, 0.6) is 11.5 Å². The highest BCUT2D eigenvalue weighted by Gasteiger charge is 2.24. The summed E-state index contributed by atoms with van der Waals surface area (Å²) in [6.07, 6.45) is 3.12. The molecule has 0 aliphatic carbocycles. The minimum absolute atomic E-state index is 0.202. The van der Waals surface area contributed by atoms with Gasteiger partial charge in [0.25, 0.3) is 0 Å². The van der Waals surface area contributed by atoms with Crippen molar-refractivity contribution in [2.45, 2.75) is 45.4 Å². The summed E-state index contributed by atoms with van der Waals surface area (Å²) in [6.45, 7) is 6.63. The van der Waals surface area contributed by atoms with Crippen molar-refractivity contribution >= 4 is 5.69 Å². The molecule has 1 unspecified atom stereocenters. The predicted molar refractivity (Wildman–Crippen MR) is 132 cm³/mol. The van der Waals surface area contributed by atoms with E-state index in [2.05, 4.69) is 24.5 Å². The summed E-state index contributed by atoms with van der Waals surface area (Å²) in [5, 5.41) is 17.7. The van der Waals surface area contributed by atoms with Crippen LogP contribution in [0.1, 0.15) is 42.2 Å². The van der Waals surface area contributed by atoms with E-state index in [1.165, 1.54) is 6.07 Å². The fourth-order valence-corrected chi connectivity index (χ4v) is 4.03. The summed E-state index contributed by atoms with van der Waals surface area (Å²) < 4.78 is 25.4. The number of rotatable bonds is 9. The second kappa shape index (κ2) is 10.3. The molecule has 0 spiro atoms. The molecule has 0 radical (unpaired) electrons. The van der Waals surface area contributed by atoms with Crippen LogP contribution in [0.3, 0.4) is 0 Å². The number of hydrogen-bond acceptors (Lipinski definition) is 5. The quantitative estimate of drug-likeness (QED) is 0.385. The standard InChI is InChI=1S/C28H31FN2O3/c1-19-13-21(9-10-24(19)29)16-28(2,3)31-17-26(32)23-14-22(15-25-27(23)33-12-11-30-25)34-18-20-7-5-4-6-8-20/h4-15,26,30-32H,16-18H2,1-3H3. The van der Waals surface area contributed by atoms with Gasteiger partial charge in [0.05, 0.1) is 11.8 Å². The lowest BCUT2D eigenvalue weighted by atomic mass is 9.93. The summed E-state index contributed by atoms with van der Waals surface area (Å²) in [4.78, 5) is 0. The fourth-order valence-electron chi connectivity index (χ4n) is 4.03. The number of aliphatic hydroxyl groups is 1. The van der Waals surface area contributed by atoms with E-state index in [9.17, 15) is 9.50 Å². The first kappa shape index (κ1) is 23.8. The van der Waals surface area contributed by atoms with Crippen molar-refractivity contribution in [1.82, 2.24) is 5.32 Å². The molecule has 1 heterocycles. The van der Waals surface area contributed by atoms with Crippen molar-refractivity contribution in [2.24, 2.45) is 0 Å². The highest BCUT2D eigenvalue weighted by atomic mass is 19.1. The molecule has 0 fully saturated rings. The third-order valence-electron chi connectivity index (χ3n) is 5.83. The second-order valence-electron chi connectivity index (χ2n) is 9.27. The van der Waals surface area contributed by atoms with Crippen LogP contribution in [0.2, 0.25) is 0 Å². The number of halogens is 1. The summed E-state index contributed by atoms with van der Waals surface area (Å²) in [5.41, 5.74) is 3.79. The van der Waals surface area contributed by atoms with Gasteiger partial charge in [-0.1, -0.05) is 42.5 Å². The highest BCUT2D eigenvalue weighted by molar-refractivity contribution is 5.66. The van der Waals surface area contributed by atoms with Gasteiger partial charge in [-0.3, -0.25) is 0 Å². The van der Waals surface area contributed by atoms with Crippen LogP contribution in [0.4, 0.5) is 10.1 Å². The number of nitrogens with one attached hydrogen (secondary N) is 2. The summed E-state index contributed by atoms with van der Waals surface area (Å²) >= 11 is 0. The van der Waals surface area contributed by atoms with Gasteiger partial charge < -0.3 is 25.2 Å². The fraction of sp³-hybridized carbons (Fsp3) is 0.286. The van der Waals surface area contributed by atoms with E-state index in [4.69, 9.17) is 9.47 Å². The van der Waals surface area contributed by atoms with Gasteiger partial charge >= 0.3 is 0 Å². The first-order valence-electron chi connectivity index (χ1n) is 11.4. The molecule has 3 aromatic rings. The third kappa shape index (κ3) is 5.95.